The molecule has 0 amide bonds. The van der Waals surface area contributed by atoms with Gasteiger partial charge >= 0.3 is 29.6 Å². The first-order valence-corrected chi connectivity index (χ1v) is 15.2. The van der Waals surface area contributed by atoms with Crippen LogP contribution in [0.1, 0.15) is 155 Å². The second-order valence-corrected chi connectivity index (χ2v) is 10.9. The molecular weight excluding hydrogens is 427 g/mol. The van der Waals surface area contributed by atoms with E-state index in [9.17, 15) is 13.0 Å². The van der Waals surface area contributed by atoms with Crippen LogP contribution in [0.2, 0.25) is 0 Å². The predicted molar refractivity (Wildman–Crippen MR) is 136 cm³/mol. The first kappa shape index (κ1) is 34.8. The van der Waals surface area contributed by atoms with E-state index in [1.807, 2.05) is 6.08 Å². The largest absolute Gasteiger partial charge is 1.00 e. The Morgan fingerprint density at radius 3 is 1.06 bits per heavy atom. The summed E-state index contributed by atoms with van der Waals surface area (Å²) in [7, 11) is -4.09. The van der Waals surface area contributed by atoms with Crippen LogP contribution in [0, 0.1) is 0 Å². The van der Waals surface area contributed by atoms with Gasteiger partial charge in [0.2, 0.25) is 0 Å². The monoisotopic (exact) mass is 480 g/mol. The molecule has 0 N–H and O–H groups in total. The number of hydrogen-bond acceptors (Lipinski definition) is 3. The van der Waals surface area contributed by atoms with Crippen molar-refractivity contribution in [3.63, 3.8) is 0 Å². The van der Waals surface area contributed by atoms with E-state index >= 15 is 0 Å². The zero-order chi connectivity index (χ0) is 22.9. The minimum absolute atomic E-state index is 0. The third kappa shape index (κ3) is 32.8. The Morgan fingerprint density at radius 2 is 0.781 bits per heavy atom. The summed E-state index contributed by atoms with van der Waals surface area (Å²) < 4.78 is 31.4. The van der Waals surface area contributed by atoms with Crippen LogP contribution in [0.15, 0.2) is 12.2 Å². The van der Waals surface area contributed by atoms with E-state index in [0.29, 0.717) is 0 Å². The second-order valence-electron chi connectivity index (χ2n) is 9.41. The molecule has 0 atom stereocenters. The van der Waals surface area contributed by atoms with Crippen molar-refractivity contribution >= 4 is 10.1 Å². The maximum atomic E-state index is 10.5. The quantitative estimate of drug-likeness (QED) is 0.0688. The summed E-state index contributed by atoms with van der Waals surface area (Å²) in [5.74, 6) is -0.369. The summed E-state index contributed by atoms with van der Waals surface area (Å²) in [6.45, 7) is 2.29. The summed E-state index contributed by atoms with van der Waals surface area (Å²) in [6.07, 6.45) is 34.7. The van der Waals surface area contributed by atoms with Gasteiger partial charge in [-0.05, 0) is 12.8 Å². The SMILES string of the molecule is CCCCCCCCCCCCCCCCCCCCCCCC/C=C/CS(=O)(=O)[O-].[Na+]. The molecular formula is C27H53NaO3S. The van der Waals surface area contributed by atoms with Crippen molar-refractivity contribution in [1.29, 1.82) is 0 Å². The van der Waals surface area contributed by atoms with E-state index in [-0.39, 0.29) is 35.3 Å². The van der Waals surface area contributed by atoms with Crippen molar-refractivity contribution < 1.29 is 42.5 Å². The summed E-state index contributed by atoms with van der Waals surface area (Å²) in [5, 5.41) is 0. The fourth-order valence-electron chi connectivity index (χ4n) is 4.17. The van der Waals surface area contributed by atoms with Crippen LogP contribution in [0.5, 0.6) is 0 Å². The number of unbranched alkanes of at least 4 members (excludes halogenated alkanes) is 22. The topological polar surface area (TPSA) is 57.2 Å². The molecule has 0 rings (SSSR count). The average Bonchev–Trinajstić information content (AvgIpc) is 2.73. The molecule has 0 aliphatic rings. The minimum Gasteiger partial charge on any atom is -0.748 e. The average molecular weight is 481 g/mol. The van der Waals surface area contributed by atoms with E-state index in [1.165, 1.54) is 141 Å². The van der Waals surface area contributed by atoms with Gasteiger partial charge in [-0.2, -0.15) is 0 Å². The van der Waals surface area contributed by atoms with Gasteiger partial charge in [-0.15, -0.1) is 0 Å². The van der Waals surface area contributed by atoms with Crippen molar-refractivity contribution in [2.24, 2.45) is 0 Å². The van der Waals surface area contributed by atoms with Gasteiger partial charge in [0.25, 0.3) is 0 Å². The van der Waals surface area contributed by atoms with Crippen LogP contribution in [-0.4, -0.2) is 18.7 Å². The van der Waals surface area contributed by atoms with Crippen LogP contribution >= 0.6 is 0 Å². The third-order valence-corrected chi connectivity index (χ3v) is 6.79. The number of rotatable bonds is 25. The van der Waals surface area contributed by atoms with Gasteiger partial charge in [-0.1, -0.05) is 154 Å². The summed E-state index contributed by atoms with van der Waals surface area (Å²) in [4.78, 5) is 0. The van der Waals surface area contributed by atoms with E-state index in [2.05, 4.69) is 6.92 Å². The van der Waals surface area contributed by atoms with E-state index < -0.39 is 10.1 Å². The normalized spacial score (nSPS) is 11.8. The third-order valence-electron chi connectivity index (χ3n) is 6.19. The van der Waals surface area contributed by atoms with Crippen LogP contribution in [-0.2, 0) is 10.1 Å². The van der Waals surface area contributed by atoms with Crippen LogP contribution in [0.25, 0.3) is 0 Å². The Hall–Kier alpha value is 0.650. The number of hydrogen-bond donors (Lipinski definition) is 0. The molecule has 0 aliphatic heterocycles. The van der Waals surface area contributed by atoms with Gasteiger partial charge in [-0.3, -0.25) is 0 Å². The molecule has 0 fully saturated rings. The molecule has 3 nitrogen and oxygen atoms in total. The molecule has 0 radical (unpaired) electrons. The molecule has 0 saturated heterocycles. The van der Waals surface area contributed by atoms with E-state index in [0.717, 1.165) is 12.8 Å². The van der Waals surface area contributed by atoms with Gasteiger partial charge in [0.1, 0.15) is 0 Å². The molecule has 0 aliphatic carbocycles. The van der Waals surface area contributed by atoms with Gasteiger partial charge < -0.3 is 4.55 Å². The van der Waals surface area contributed by atoms with Crippen molar-refractivity contribution in [1.82, 2.24) is 0 Å². The van der Waals surface area contributed by atoms with Gasteiger partial charge in [-0.25, -0.2) is 8.42 Å². The smallest absolute Gasteiger partial charge is 0.748 e. The molecule has 0 aromatic rings. The maximum absolute atomic E-state index is 10.5. The predicted octanol–water partition coefficient (Wildman–Crippen LogP) is 6.08. The first-order valence-electron chi connectivity index (χ1n) is 13.6. The van der Waals surface area contributed by atoms with Crippen molar-refractivity contribution in [3.05, 3.63) is 12.2 Å². The Labute approximate surface area is 224 Å². The van der Waals surface area contributed by atoms with Gasteiger partial charge in [0, 0.05) is 0 Å². The molecule has 0 heterocycles. The molecule has 0 bridgehead atoms. The molecule has 0 saturated carbocycles. The van der Waals surface area contributed by atoms with E-state index in [1.54, 1.807) is 0 Å². The summed E-state index contributed by atoms with van der Waals surface area (Å²) >= 11 is 0. The molecule has 0 unspecified atom stereocenters. The standard InChI is InChI=1S/C27H54O3S.Na/c1-2-3-4-5-6-7-8-9-10-11-12-13-14-15-16-17-18-19-20-21-22-23-24-25-26-27-31(28,29)30;/h25-26H,2-24,27H2,1H3,(H,28,29,30);/q;+1/p-1/b26-25+;. The summed E-state index contributed by atoms with van der Waals surface area (Å²) in [6, 6.07) is 0. The van der Waals surface area contributed by atoms with Crippen LogP contribution in [0.4, 0.5) is 0 Å². The Morgan fingerprint density at radius 1 is 0.500 bits per heavy atom. The van der Waals surface area contributed by atoms with Crippen molar-refractivity contribution in [2.75, 3.05) is 5.75 Å². The minimum atomic E-state index is -4.09. The molecule has 0 aromatic carbocycles. The van der Waals surface area contributed by atoms with Crippen LogP contribution < -0.4 is 29.6 Å². The Balaban J connectivity index is 0. The second kappa shape index (κ2) is 27.9. The fraction of sp³-hybridized carbons (Fsp3) is 0.926. The van der Waals surface area contributed by atoms with Gasteiger partial charge in [0.15, 0.2) is 0 Å². The molecule has 0 spiro atoms. The van der Waals surface area contributed by atoms with Crippen LogP contribution in [0.3, 0.4) is 0 Å². The van der Waals surface area contributed by atoms with E-state index in [4.69, 9.17) is 0 Å². The van der Waals surface area contributed by atoms with Crippen molar-refractivity contribution in [3.8, 4) is 0 Å². The molecule has 32 heavy (non-hydrogen) atoms. The Kier molecular flexibility index (Phi) is 30.3. The molecule has 186 valence electrons. The molecule has 5 heteroatoms. The molecule has 0 aromatic heterocycles. The summed E-state index contributed by atoms with van der Waals surface area (Å²) in [5.41, 5.74) is 0. The Bertz CT molecular complexity index is 477. The van der Waals surface area contributed by atoms with Crippen molar-refractivity contribution in [2.45, 2.75) is 155 Å². The zero-order valence-electron chi connectivity index (χ0n) is 21.8. The maximum Gasteiger partial charge on any atom is 1.00 e. The first-order chi connectivity index (χ1) is 15.1. The number of allylic oxidation sites excluding steroid dienone is 1. The van der Waals surface area contributed by atoms with Gasteiger partial charge in [0.05, 0.1) is 15.9 Å². The zero-order valence-corrected chi connectivity index (χ0v) is 24.6. The fourth-order valence-corrected chi connectivity index (χ4v) is 4.55.